The second-order valence-electron chi connectivity index (χ2n) is 10.0. The van der Waals surface area contributed by atoms with Crippen LogP contribution in [0.1, 0.15) is 78.2 Å². The van der Waals surface area contributed by atoms with E-state index in [9.17, 15) is 4.79 Å². The van der Waals surface area contributed by atoms with Gasteiger partial charge in [-0.05, 0) is 70.9 Å². The van der Waals surface area contributed by atoms with E-state index in [1.807, 2.05) is 18.2 Å². The highest BCUT2D eigenvalue weighted by Gasteiger charge is 2.49. The molecule has 4 nitrogen and oxygen atoms in total. The second kappa shape index (κ2) is 8.06. The summed E-state index contributed by atoms with van der Waals surface area (Å²) in [6.07, 6.45) is 5.15. The van der Waals surface area contributed by atoms with Crippen LogP contribution >= 0.6 is 0 Å². The van der Waals surface area contributed by atoms with E-state index in [1.165, 1.54) is 5.56 Å². The van der Waals surface area contributed by atoms with Crippen molar-refractivity contribution < 1.29 is 9.53 Å². The minimum Gasteiger partial charge on any atom is -0.496 e. The van der Waals surface area contributed by atoms with Crippen LogP contribution in [-0.2, 0) is 4.79 Å². The van der Waals surface area contributed by atoms with E-state index in [2.05, 4.69) is 50.9 Å². The van der Waals surface area contributed by atoms with Gasteiger partial charge < -0.3 is 15.0 Å². The lowest BCUT2D eigenvalue weighted by Crippen LogP contribution is -2.63. The number of nitrogens with one attached hydrogen (secondary N) is 1. The van der Waals surface area contributed by atoms with Gasteiger partial charge in [-0.3, -0.25) is 4.79 Å². The first-order valence-corrected chi connectivity index (χ1v) is 10.9. The third-order valence-electron chi connectivity index (χ3n) is 6.29. The van der Waals surface area contributed by atoms with E-state index in [-0.39, 0.29) is 17.0 Å². The summed E-state index contributed by atoms with van der Waals surface area (Å²) >= 11 is 0. The largest absolute Gasteiger partial charge is 0.496 e. The first-order chi connectivity index (χ1) is 13.2. The third kappa shape index (κ3) is 4.71. The van der Waals surface area contributed by atoms with Crippen LogP contribution in [0.3, 0.4) is 0 Å². The molecule has 3 rings (SSSR count). The number of carbonyl (C=O) groups is 1. The van der Waals surface area contributed by atoms with E-state index >= 15 is 0 Å². The van der Waals surface area contributed by atoms with Gasteiger partial charge in [-0.1, -0.05) is 31.5 Å². The summed E-state index contributed by atoms with van der Waals surface area (Å²) in [6.45, 7) is 12.1. The zero-order chi connectivity index (χ0) is 20.5. The van der Waals surface area contributed by atoms with Crippen LogP contribution in [0.4, 0.5) is 0 Å². The molecule has 0 aromatic heterocycles. The zero-order valence-corrected chi connectivity index (χ0v) is 18.5. The summed E-state index contributed by atoms with van der Waals surface area (Å²) in [6, 6.07) is 8.47. The van der Waals surface area contributed by atoms with Crippen molar-refractivity contribution in [2.45, 2.75) is 89.8 Å². The minimum absolute atomic E-state index is 0.0444. The van der Waals surface area contributed by atoms with Crippen LogP contribution in [-0.4, -0.2) is 41.6 Å². The molecular weight excluding hydrogens is 348 g/mol. The maximum absolute atomic E-state index is 13.6. The van der Waals surface area contributed by atoms with Gasteiger partial charge in [0.05, 0.1) is 7.11 Å². The van der Waals surface area contributed by atoms with Gasteiger partial charge >= 0.3 is 0 Å². The smallest absolute Gasteiger partial charge is 0.226 e. The Kier molecular flexibility index (Phi) is 6.09. The highest BCUT2D eigenvalue weighted by atomic mass is 16.5. The number of unbranched alkanes of at least 4 members (excludes halogenated alkanes) is 1. The second-order valence-corrected chi connectivity index (χ2v) is 10.0. The van der Waals surface area contributed by atoms with Gasteiger partial charge in [-0.15, -0.1) is 0 Å². The van der Waals surface area contributed by atoms with Crippen LogP contribution in [0.2, 0.25) is 0 Å². The molecule has 2 atom stereocenters. The number of carbonyl (C=O) groups excluding carboxylic acids is 1. The predicted molar refractivity (Wildman–Crippen MR) is 115 cm³/mol. The Labute approximate surface area is 171 Å². The lowest BCUT2D eigenvalue weighted by atomic mass is 9.78. The van der Waals surface area contributed by atoms with E-state index in [4.69, 9.17) is 4.74 Å². The molecule has 4 heteroatoms. The zero-order valence-electron chi connectivity index (χ0n) is 18.5. The summed E-state index contributed by atoms with van der Waals surface area (Å²) in [7, 11) is 1.71. The Bertz CT molecular complexity index is 682. The van der Waals surface area contributed by atoms with Gasteiger partial charge in [0.15, 0.2) is 0 Å². The van der Waals surface area contributed by atoms with Gasteiger partial charge in [-0.2, -0.15) is 0 Å². The number of para-hydroxylation sites is 1. The SMILES string of the molecule is CCCCN(C(=O)C1CC1c1ccccc1OC)C1CC(C)(C)NC(C)(C)C1. The van der Waals surface area contributed by atoms with Crippen molar-refractivity contribution in [3.8, 4) is 5.75 Å². The van der Waals surface area contributed by atoms with E-state index < -0.39 is 0 Å². The van der Waals surface area contributed by atoms with Gasteiger partial charge in [0.25, 0.3) is 0 Å². The van der Waals surface area contributed by atoms with Crippen molar-refractivity contribution in [3.63, 3.8) is 0 Å². The Morgan fingerprint density at radius 2 is 1.82 bits per heavy atom. The maximum Gasteiger partial charge on any atom is 0.226 e. The first kappa shape index (κ1) is 21.2. The number of hydrogen-bond donors (Lipinski definition) is 1. The van der Waals surface area contributed by atoms with E-state index in [0.717, 1.165) is 44.4 Å². The summed E-state index contributed by atoms with van der Waals surface area (Å²) in [4.78, 5) is 15.8. The molecule has 2 aliphatic rings. The van der Waals surface area contributed by atoms with Gasteiger partial charge in [-0.25, -0.2) is 0 Å². The van der Waals surface area contributed by atoms with Crippen LogP contribution in [0, 0.1) is 5.92 Å². The van der Waals surface area contributed by atoms with Crippen LogP contribution < -0.4 is 10.1 Å². The fourth-order valence-corrected chi connectivity index (χ4v) is 5.29. The summed E-state index contributed by atoms with van der Waals surface area (Å²) < 4.78 is 5.54. The molecule has 1 saturated heterocycles. The molecule has 0 spiro atoms. The van der Waals surface area contributed by atoms with Crippen molar-refractivity contribution in [2.24, 2.45) is 5.92 Å². The number of piperidine rings is 1. The molecule has 0 bridgehead atoms. The molecule has 1 aromatic rings. The van der Waals surface area contributed by atoms with Crippen molar-refractivity contribution in [1.82, 2.24) is 10.2 Å². The molecule has 1 N–H and O–H groups in total. The van der Waals surface area contributed by atoms with Gasteiger partial charge in [0.2, 0.25) is 5.91 Å². The average Bonchev–Trinajstić information content (AvgIpc) is 3.39. The normalized spacial score (nSPS) is 25.9. The number of hydrogen-bond acceptors (Lipinski definition) is 3. The first-order valence-electron chi connectivity index (χ1n) is 10.9. The van der Waals surface area contributed by atoms with Crippen molar-refractivity contribution in [3.05, 3.63) is 29.8 Å². The lowest BCUT2D eigenvalue weighted by Gasteiger charge is -2.49. The Morgan fingerprint density at radius 3 is 2.43 bits per heavy atom. The Morgan fingerprint density at radius 1 is 1.18 bits per heavy atom. The molecule has 2 fully saturated rings. The predicted octanol–water partition coefficient (Wildman–Crippen LogP) is 4.74. The molecule has 0 radical (unpaired) electrons. The maximum atomic E-state index is 13.6. The molecule has 28 heavy (non-hydrogen) atoms. The molecule has 1 aliphatic carbocycles. The van der Waals surface area contributed by atoms with Crippen molar-refractivity contribution in [2.75, 3.05) is 13.7 Å². The van der Waals surface area contributed by atoms with E-state index in [1.54, 1.807) is 7.11 Å². The summed E-state index contributed by atoms with van der Waals surface area (Å²) in [5.41, 5.74) is 1.27. The topological polar surface area (TPSA) is 41.6 Å². The van der Waals surface area contributed by atoms with E-state index in [0.29, 0.717) is 17.9 Å². The molecule has 2 unspecified atom stereocenters. The fraction of sp³-hybridized carbons (Fsp3) is 0.708. The third-order valence-corrected chi connectivity index (χ3v) is 6.29. The molecule has 1 aromatic carbocycles. The summed E-state index contributed by atoms with van der Waals surface area (Å²) in [5, 5.41) is 3.75. The molecule has 156 valence electrons. The van der Waals surface area contributed by atoms with Gasteiger partial charge in [0.1, 0.15) is 5.75 Å². The summed E-state index contributed by atoms with van der Waals surface area (Å²) in [5.74, 6) is 1.67. The quantitative estimate of drug-likeness (QED) is 0.736. The van der Waals surface area contributed by atoms with Crippen LogP contribution in [0.5, 0.6) is 5.75 Å². The van der Waals surface area contributed by atoms with Crippen molar-refractivity contribution >= 4 is 5.91 Å². The van der Waals surface area contributed by atoms with Crippen molar-refractivity contribution in [1.29, 1.82) is 0 Å². The Balaban J connectivity index is 1.78. The van der Waals surface area contributed by atoms with Crippen LogP contribution in [0.25, 0.3) is 0 Å². The minimum atomic E-state index is 0.0444. The highest BCUT2D eigenvalue weighted by Crippen LogP contribution is 2.51. The lowest BCUT2D eigenvalue weighted by molar-refractivity contribution is -0.137. The number of benzene rings is 1. The molecule has 1 amide bonds. The highest BCUT2D eigenvalue weighted by molar-refractivity contribution is 5.83. The molecule has 1 heterocycles. The number of amides is 1. The fourth-order valence-electron chi connectivity index (χ4n) is 5.29. The van der Waals surface area contributed by atoms with Crippen LogP contribution in [0.15, 0.2) is 24.3 Å². The average molecular weight is 387 g/mol. The number of methoxy groups -OCH3 is 1. The number of rotatable bonds is 7. The molecule has 1 aliphatic heterocycles. The number of nitrogens with zero attached hydrogens (tertiary/aromatic N) is 1. The monoisotopic (exact) mass is 386 g/mol. The number of ether oxygens (including phenoxy) is 1. The standard InChI is InChI=1S/C24H38N2O2/c1-7-8-13-26(17-15-23(2,3)25-24(4,5)16-17)22(27)20-14-19(20)18-11-9-10-12-21(18)28-6/h9-12,17,19-20,25H,7-8,13-16H2,1-6H3. The molecule has 1 saturated carbocycles. The Hall–Kier alpha value is -1.55. The molecular formula is C24H38N2O2. The van der Waals surface area contributed by atoms with Gasteiger partial charge in [0, 0.05) is 29.6 Å².